The summed E-state index contributed by atoms with van der Waals surface area (Å²) in [5, 5.41) is 3.27. The van der Waals surface area contributed by atoms with Crippen molar-refractivity contribution in [2.45, 2.75) is 25.8 Å². The van der Waals surface area contributed by atoms with Gasteiger partial charge in [-0.3, -0.25) is 0 Å². The minimum absolute atomic E-state index is 0.0443. The molecule has 0 aromatic heterocycles. The molecule has 0 amide bonds. The molecule has 1 fully saturated rings. The zero-order valence-corrected chi connectivity index (χ0v) is 10.3. The first-order valence-corrected chi connectivity index (χ1v) is 7.52. The highest BCUT2D eigenvalue weighted by Crippen LogP contribution is 2.13. The fourth-order valence-corrected chi connectivity index (χ4v) is 2.86. The first kappa shape index (κ1) is 12.9. The molecule has 0 aromatic rings. The second kappa shape index (κ2) is 5.82. The predicted molar refractivity (Wildman–Crippen MR) is 60.7 cm³/mol. The molecule has 1 aliphatic heterocycles. The van der Waals surface area contributed by atoms with Crippen LogP contribution in [-0.2, 0) is 14.6 Å². The molecule has 0 bridgehead atoms. The van der Waals surface area contributed by atoms with Gasteiger partial charge in [-0.05, 0) is 32.2 Å². The van der Waals surface area contributed by atoms with Crippen LogP contribution in [0.5, 0.6) is 0 Å². The molecule has 1 saturated heterocycles. The van der Waals surface area contributed by atoms with Gasteiger partial charge in [0.2, 0.25) is 0 Å². The summed E-state index contributed by atoms with van der Waals surface area (Å²) in [4.78, 5) is 0. The molecule has 1 heterocycles. The third-order valence-electron chi connectivity index (χ3n) is 2.65. The van der Waals surface area contributed by atoms with E-state index in [1.54, 1.807) is 0 Å². The lowest BCUT2D eigenvalue weighted by Gasteiger charge is -2.24. The van der Waals surface area contributed by atoms with E-state index in [9.17, 15) is 8.42 Å². The average molecular weight is 235 g/mol. The van der Waals surface area contributed by atoms with E-state index in [4.69, 9.17) is 4.74 Å². The molecule has 0 saturated carbocycles. The zero-order chi connectivity index (χ0) is 11.3. The third kappa shape index (κ3) is 6.12. The average Bonchev–Trinajstić information content (AvgIpc) is 2.14. The standard InChI is InChI=1S/C10H21NO3S/c1-9(8-15(2,12)13)11-7-10-3-5-14-6-4-10/h9-11H,3-8H2,1-2H3. The maximum atomic E-state index is 11.0. The van der Waals surface area contributed by atoms with Crippen molar-refractivity contribution in [1.29, 1.82) is 0 Å². The number of hydrogen-bond donors (Lipinski definition) is 1. The Bertz CT molecular complexity index is 270. The molecular weight excluding hydrogens is 214 g/mol. The van der Waals surface area contributed by atoms with Crippen LogP contribution in [-0.4, -0.2) is 46.2 Å². The Morgan fingerprint density at radius 2 is 2.00 bits per heavy atom. The van der Waals surface area contributed by atoms with Gasteiger partial charge in [0.15, 0.2) is 0 Å². The fraction of sp³-hybridized carbons (Fsp3) is 1.00. The van der Waals surface area contributed by atoms with E-state index in [1.165, 1.54) is 6.26 Å². The van der Waals surface area contributed by atoms with Crippen LogP contribution in [0.1, 0.15) is 19.8 Å². The molecule has 1 atom stereocenters. The molecule has 15 heavy (non-hydrogen) atoms. The van der Waals surface area contributed by atoms with Crippen molar-refractivity contribution in [3.63, 3.8) is 0 Å². The summed E-state index contributed by atoms with van der Waals surface area (Å²) in [6.07, 6.45) is 3.44. The molecule has 0 aliphatic carbocycles. The number of sulfone groups is 1. The highest BCUT2D eigenvalue weighted by atomic mass is 32.2. The fourth-order valence-electron chi connectivity index (χ4n) is 1.83. The van der Waals surface area contributed by atoms with Crippen LogP contribution in [0, 0.1) is 5.92 Å². The van der Waals surface area contributed by atoms with Crippen molar-refractivity contribution in [1.82, 2.24) is 5.32 Å². The monoisotopic (exact) mass is 235 g/mol. The predicted octanol–water partition coefficient (Wildman–Crippen LogP) is 0.436. The van der Waals surface area contributed by atoms with Crippen LogP contribution in [0.15, 0.2) is 0 Å². The molecule has 1 rings (SSSR count). The van der Waals surface area contributed by atoms with Gasteiger partial charge in [0, 0.05) is 25.5 Å². The molecule has 5 heteroatoms. The molecule has 1 N–H and O–H groups in total. The summed E-state index contributed by atoms with van der Waals surface area (Å²) in [7, 11) is -2.86. The lowest BCUT2D eigenvalue weighted by molar-refractivity contribution is 0.0658. The van der Waals surface area contributed by atoms with E-state index in [2.05, 4.69) is 5.32 Å². The van der Waals surface area contributed by atoms with Crippen molar-refractivity contribution < 1.29 is 13.2 Å². The van der Waals surface area contributed by atoms with E-state index < -0.39 is 9.84 Å². The van der Waals surface area contributed by atoms with Gasteiger partial charge >= 0.3 is 0 Å². The number of rotatable bonds is 5. The van der Waals surface area contributed by atoms with Crippen LogP contribution >= 0.6 is 0 Å². The number of nitrogens with one attached hydrogen (secondary N) is 1. The summed E-state index contributed by atoms with van der Waals surface area (Å²) in [6, 6.07) is 0.0443. The van der Waals surface area contributed by atoms with E-state index in [-0.39, 0.29) is 11.8 Å². The molecule has 1 aliphatic rings. The third-order valence-corrected chi connectivity index (χ3v) is 3.75. The Morgan fingerprint density at radius 3 is 2.53 bits per heavy atom. The zero-order valence-electron chi connectivity index (χ0n) is 9.53. The van der Waals surface area contributed by atoms with Crippen molar-refractivity contribution >= 4 is 9.84 Å². The van der Waals surface area contributed by atoms with Gasteiger partial charge in [0.05, 0.1) is 5.75 Å². The number of ether oxygens (including phenoxy) is 1. The molecule has 1 unspecified atom stereocenters. The van der Waals surface area contributed by atoms with Gasteiger partial charge in [-0.2, -0.15) is 0 Å². The SMILES string of the molecule is CC(CS(C)(=O)=O)NCC1CCOCC1. The van der Waals surface area contributed by atoms with Gasteiger partial charge in [-0.25, -0.2) is 8.42 Å². The van der Waals surface area contributed by atoms with E-state index in [1.807, 2.05) is 6.92 Å². The van der Waals surface area contributed by atoms with Crippen molar-refractivity contribution in [3.05, 3.63) is 0 Å². The number of hydrogen-bond acceptors (Lipinski definition) is 4. The molecule has 90 valence electrons. The van der Waals surface area contributed by atoms with E-state index >= 15 is 0 Å². The van der Waals surface area contributed by atoms with E-state index in [0.29, 0.717) is 5.92 Å². The van der Waals surface area contributed by atoms with Gasteiger partial charge < -0.3 is 10.1 Å². The smallest absolute Gasteiger partial charge is 0.148 e. The summed E-state index contributed by atoms with van der Waals surface area (Å²) < 4.78 is 27.3. The highest BCUT2D eigenvalue weighted by Gasteiger charge is 2.16. The Morgan fingerprint density at radius 1 is 1.40 bits per heavy atom. The topological polar surface area (TPSA) is 55.4 Å². The van der Waals surface area contributed by atoms with Crippen LogP contribution in [0.2, 0.25) is 0 Å². The highest BCUT2D eigenvalue weighted by molar-refractivity contribution is 7.90. The Balaban J connectivity index is 2.18. The molecular formula is C10H21NO3S. The Labute approximate surface area is 92.3 Å². The van der Waals surface area contributed by atoms with Gasteiger partial charge in [0.25, 0.3) is 0 Å². The lowest BCUT2D eigenvalue weighted by atomic mass is 10.0. The second-order valence-corrected chi connectivity index (χ2v) is 6.64. The summed E-state index contributed by atoms with van der Waals surface area (Å²) in [5.41, 5.74) is 0. The first-order valence-electron chi connectivity index (χ1n) is 5.46. The lowest BCUT2D eigenvalue weighted by Crippen LogP contribution is -2.37. The van der Waals surface area contributed by atoms with Crippen LogP contribution in [0.4, 0.5) is 0 Å². The minimum atomic E-state index is -2.86. The molecule has 0 aromatic carbocycles. The summed E-state index contributed by atoms with van der Waals surface area (Å²) in [6.45, 7) is 4.50. The van der Waals surface area contributed by atoms with Crippen LogP contribution in [0.25, 0.3) is 0 Å². The van der Waals surface area contributed by atoms with Crippen LogP contribution < -0.4 is 5.32 Å². The van der Waals surface area contributed by atoms with Gasteiger partial charge in [-0.15, -0.1) is 0 Å². The maximum absolute atomic E-state index is 11.0. The van der Waals surface area contributed by atoms with Gasteiger partial charge in [0.1, 0.15) is 9.84 Å². The Hall–Kier alpha value is -0.130. The molecule has 0 radical (unpaired) electrons. The molecule has 4 nitrogen and oxygen atoms in total. The van der Waals surface area contributed by atoms with Crippen molar-refractivity contribution in [3.8, 4) is 0 Å². The van der Waals surface area contributed by atoms with Crippen molar-refractivity contribution in [2.75, 3.05) is 31.8 Å². The second-order valence-electron chi connectivity index (χ2n) is 4.46. The normalized spacial score (nSPS) is 21.5. The first-order chi connectivity index (χ1) is 6.97. The minimum Gasteiger partial charge on any atom is -0.381 e. The van der Waals surface area contributed by atoms with Gasteiger partial charge in [-0.1, -0.05) is 0 Å². The summed E-state index contributed by atoms with van der Waals surface area (Å²) in [5.74, 6) is 0.858. The maximum Gasteiger partial charge on any atom is 0.148 e. The summed E-state index contributed by atoms with van der Waals surface area (Å²) >= 11 is 0. The largest absolute Gasteiger partial charge is 0.381 e. The molecule has 0 spiro atoms. The van der Waals surface area contributed by atoms with Crippen LogP contribution in [0.3, 0.4) is 0 Å². The Kier molecular flexibility index (Phi) is 5.02. The van der Waals surface area contributed by atoms with E-state index in [0.717, 1.165) is 32.6 Å². The quantitative estimate of drug-likeness (QED) is 0.751. The van der Waals surface area contributed by atoms with Crippen molar-refractivity contribution in [2.24, 2.45) is 5.92 Å².